The van der Waals surface area contributed by atoms with E-state index in [1.807, 2.05) is 4.90 Å². The van der Waals surface area contributed by atoms with Crippen LogP contribution < -0.4 is 0 Å². The molecule has 0 saturated carbocycles. The minimum Gasteiger partial charge on any atom is -0.480 e. The van der Waals surface area contributed by atoms with E-state index < -0.39 is 23.8 Å². The SMILES string of the molecule is O=C(O)C1CCCN1Cc1cnn(Cc2ccc(C(F)(F)F)cc2)c1. The predicted octanol–water partition coefficient (Wildman–Crippen LogP) is 3.00. The van der Waals surface area contributed by atoms with Crippen LogP contribution in [-0.2, 0) is 24.1 Å². The Balaban J connectivity index is 1.63. The number of carboxylic acids is 1. The standard InChI is InChI=1S/C17H18F3N3O2/c18-17(19,20)14-5-3-12(4-6-14)10-23-11-13(8-21-23)9-22-7-1-2-15(22)16(24)25/h3-6,8,11,15H,1-2,7,9-10H2,(H,24,25). The van der Waals surface area contributed by atoms with Crippen molar-refractivity contribution >= 4 is 5.97 Å². The van der Waals surface area contributed by atoms with Gasteiger partial charge in [-0.15, -0.1) is 0 Å². The van der Waals surface area contributed by atoms with Gasteiger partial charge < -0.3 is 5.11 Å². The van der Waals surface area contributed by atoms with Crippen molar-refractivity contribution in [3.63, 3.8) is 0 Å². The molecular formula is C17H18F3N3O2. The Morgan fingerprint density at radius 2 is 1.92 bits per heavy atom. The van der Waals surface area contributed by atoms with E-state index >= 15 is 0 Å². The zero-order valence-corrected chi connectivity index (χ0v) is 13.4. The van der Waals surface area contributed by atoms with E-state index in [9.17, 15) is 23.1 Å². The van der Waals surface area contributed by atoms with Crippen LogP contribution >= 0.6 is 0 Å². The van der Waals surface area contributed by atoms with E-state index in [0.29, 0.717) is 25.1 Å². The Bertz CT molecular complexity index is 740. The van der Waals surface area contributed by atoms with Crippen LogP contribution in [0.25, 0.3) is 0 Å². The molecule has 1 atom stereocenters. The smallest absolute Gasteiger partial charge is 0.416 e. The summed E-state index contributed by atoms with van der Waals surface area (Å²) in [7, 11) is 0. The van der Waals surface area contributed by atoms with E-state index in [0.717, 1.165) is 30.7 Å². The minimum absolute atomic E-state index is 0.362. The van der Waals surface area contributed by atoms with Crippen LogP contribution in [0.2, 0.25) is 0 Å². The monoisotopic (exact) mass is 353 g/mol. The maximum absolute atomic E-state index is 12.6. The summed E-state index contributed by atoms with van der Waals surface area (Å²) in [6.45, 7) is 1.60. The van der Waals surface area contributed by atoms with Gasteiger partial charge in [0.25, 0.3) is 0 Å². The van der Waals surface area contributed by atoms with Crippen LogP contribution in [0, 0.1) is 0 Å². The molecule has 2 aromatic rings. The summed E-state index contributed by atoms with van der Waals surface area (Å²) in [5.41, 5.74) is 0.929. The van der Waals surface area contributed by atoms with Crippen molar-refractivity contribution in [3.05, 3.63) is 53.3 Å². The summed E-state index contributed by atoms with van der Waals surface area (Å²) in [4.78, 5) is 13.1. The number of hydrogen-bond donors (Lipinski definition) is 1. The molecule has 5 nitrogen and oxygen atoms in total. The van der Waals surface area contributed by atoms with E-state index in [-0.39, 0.29) is 0 Å². The first kappa shape index (κ1) is 17.5. The highest BCUT2D eigenvalue weighted by atomic mass is 19.4. The van der Waals surface area contributed by atoms with Crippen LogP contribution in [-0.4, -0.2) is 38.3 Å². The fourth-order valence-electron chi connectivity index (χ4n) is 3.09. The number of nitrogens with zero attached hydrogens (tertiary/aromatic N) is 3. The third-order valence-electron chi connectivity index (χ3n) is 4.35. The number of benzene rings is 1. The largest absolute Gasteiger partial charge is 0.480 e. The number of alkyl halides is 3. The molecule has 1 aromatic carbocycles. The molecule has 1 saturated heterocycles. The van der Waals surface area contributed by atoms with E-state index in [1.165, 1.54) is 12.1 Å². The molecule has 0 radical (unpaired) electrons. The van der Waals surface area contributed by atoms with Gasteiger partial charge in [-0.1, -0.05) is 12.1 Å². The molecule has 0 bridgehead atoms. The second-order valence-electron chi connectivity index (χ2n) is 6.21. The van der Waals surface area contributed by atoms with Gasteiger partial charge in [-0.3, -0.25) is 14.4 Å². The zero-order chi connectivity index (χ0) is 18.0. The van der Waals surface area contributed by atoms with Gasteiger partial charge in [0, 0.05) is 18.3 Å². The van der Waals surface area contributed by atoms with Gasteiger partial charge in [0.05, 0.1) is 18.3 Å². The fourth-order valence-corrected chi connectivity index (χ4v) is 3.09. The summed E-state index contributed by atoms with van der Waals surface area (Å²) in [6, 6.07) is 4.53. The summed E-state index contributed by atoms with van der Waals surface area (Å²) in [5.74, 6) is -0.811. The second-order valence-corrected chi connectivity index (χ2v) is 6.21. The first-order valence-electron chi connectivity index (χ1n) is 7.97. The minimum atomic E-state index is -4.34. The lowest BCUT2D eigenvalue weighted by Crippen LogP contribution is -2.35. The third-order valence-corrected chi connectivity index (χ3v) is 4.35. The molecule has 0 spiro atoms. The van der Waals surface area contributed by atoms with Crippen molar-refractivity contribution in [3.8, 4) is 0 Å². The molecule has 2 heterocycles. The molecule has 3 rings (SSSR count). The molecule has 1 unspecified atom stereocenters. The lowest BCUT2D eigenvalue weighted by atomic mass is 10.1. The van der Waals surface area contributed by atoms with Gasteiger partial charge >= 0.3 is 12.1 Å². The predicted molar refractivity (Wildman–Crippen MR) is 83.8 cm³/mol. The molecule has 0 aliphatic carbocycles. The molecule has 25 heavy (non-hydrogen) atoms. The molecule has 1 aliphatic heterocycles. The van der Waals surface area contributed by atoms with Gasteiger partial charge in [-0.25, -0.2) is 0 Å². The molecule has 0 amide bonds. The number of halogens is 3. The molecule has 1 aromatic heterocycles. The summed E-state index contributed by atoms with van der Waals surface area (Å²) in [6.07, 6.45) is 0.635. The van der Waals surface area contributed by atoms with Gasteiger partial charge in [0.15, 0.2) is 0 Å². The van der Waals surface area contributed by atoms with Crippen LogP contribution in [0.4, 0.5) is 13.2 Å². The summed E-state index contributed by atoms with van der Waals surface area (Å²) < 4.78 is 39.3. The van der Waals surface area contributed by atoms with Crippen molar-refractivity contribution < 1.29 is 23.1 Å². The van der Waals surface area contributed by atoms with E-state index in [4.69, 9.17) is 0 Å². The van der Waals surface area contributed by atoms with Gasteiger partial charge in [-0.2, -0.15) is 18.3 Å². The first-order valence-corrected chi connectivity index (χ1v) is 7.97. The van der Waals surface area contributed by atoms with Crippen LogP contribution in [0.5, 0.6) is 0 Å². The molecule has 1 N–H and O–H groups in total. The Morgan fingerprint density at radius 1 is 1.20 bits per heavy atom. The Labute approximate surface area is 142 Å². The van der Waals surface area contributed by atoms with Crippen LogP contribution in [0.3, 0.4) is 0 Å². The van der Waals surface area contributed by atoms with Gasteiger partial charge in [0.1, 0.15) is 6.04 Å². The zero-order valence-electron chi connectivity index (χ0n) is 13.4. The van der Waals surface area contributed by atoms with Gasteiger partial charge in [-0.05, 0) is 37.1 Å². The lowest BCUT2D eigenvalue weighted by Gasteiger charge is -2.19. The van der Waals surface area contributed by atoms with E-state index in [1.54, 1.807) is 17.1 Å². The lowest BCUT2D eigenvalue weighted by molar-refractivity contribution is -0.142. The average molecular weight is 353 g/mol. The number of rotatable bonds is 5. The number of aromatic nitrogens is 2. The van der Waals surface area contributed by atoms with Crippen molar-refractivity contribution in [1.82, 2.24) is 14.7 Å². The number of likely N-dealkylation sites (tertiary alicyclic amines) is 1. The Hall–Kier alpha value is -2.35. The number of aliphatic carboxylic acids is 1. The van der Waals surface area contributed by atoms with Crippen molar-refractivity contribution in [2.24, 2.45) is 0 Å². The summed E-state index contributed by atoms with van der Waals surface area (Å²) in [5, 5.41) is 13.4. The molecule has 1 aliphatic rings. The third kappa shape index (κ3) is 4.19. The van der Waals surface area contributed by atoms with Crippen LogP contribution in [0.1, 0.15) is 29.5 Å². The van der Waals surface area contributed by atoms with Crippen molar-refractivity contribution in [2.75, 3.05) is 6.54 Å². The summed E-state index contributed by atoms with van der Waals surface area (Å²) >= 11 is 0. The Morgan fingerprint density at radius 3 is 2.56 bits per heavy atom. The highest BCUT2D eigenvalue weighted by molar-refractivity contribution is 5.73. The molecule has 1 fully saturated rings. The van der Waals surface area contributed by atoms with Gasteiger partial charge in [0.2, 0.25) is 0 Å². The average Bonchev–Trinajstić information content (AvgIpc) is 3.17. The highest BCUT2D eigenvalue weighted by Gasteiger charge is 2.31. The maximum atomic E-state index is 12.6. The number of carbonyl (C=O) groups is 1. The highest BCUT2D eigenvalue weighted by Crippen LogP contribution is 2.29. The number of hydrogen-bond acceptors (Lipinski definition) is 3. The topological polar surface area (TPSA) is 58.4 Å². The Kier molecular flexibility index (Phi) is 4.80. The molecular weight excluding hydrogens is 335 g/mol. The molecule has 134 valence electrons. The second kappa shape index (κ2) is 6.87. The quantitative estimate of drug-likeness (QED) is 0.898. The number of carboxylic acid groups (broad SMARTS) is 1. The van der Waals surface area contributed by atoms with Crippen LogP contribution in [0.15, 0.2) is 36.7 Å². The fraction of sp³-hybridized carbons (Fsp3) is 0.412. The van der Waals surface area contributed by atoms with E-state index in [2.05, 4.69) is 5.10 Å². The molecule has 8 heteroatoms. The normalized spacial score (nSPS) is 18.6. The maximum Gasteiger partial charge on any atom is 0.416 e. The van der Waals surface area contributed by atoms with Crippen molar-refractivity contribution in [2.45, 2.75) is 38.1 Å². The van der Waals surface area contributed by atoms with Crippen molar-refractivity contribution in [1.29, 1.82) is 0 Å². The first-order chi connectivity index (χ1) is 11.8.